The van der Waals surface area contributed by atoms with Gasteiger partial charge in [-0.05, 0) is 30.5 Å². The largest absolute Gasteiger partial charge is 0.494 e. The number of anilines is 1. The number of nitrogens with zero attached hydrogens (tertiary/aromatic N) is 2. The minimum atomic E-state index is 0.205. The van der Waals surface area contributed by atoms with E-state index >= 15 is 0 Å². The highest BCUT2D eigenvalue weighted by atomic mass is 32.1. The molecule has 3 rings (SSSR count). The van der Waals surface area contributed by atoms with Crippen molar-refractivity contribution < 1.29 is 9.47 Å². The summed E-state index contributed by atoms with van der Waals surface area (Å²) in [6.07, 6.45) is 0. The summed E-state index contributed by atoms with van der Waals surface area (Å²) >= 11 is 1.50. The van der Waals surface area contributed by atoms with Gasteiger partial charge in [-0.15, -0.1) is 11.3 Å². The van der Waals surface area contributed by atoms with E-state index in [9.17, 15) is 0 Å². The zero-order valence-corrected chi connectivity index (χ0v) is 11.7. The molecule has 0 unspecified atom stereocenters. The molecule has 2 heterocycles. The summed E-state index contributed by atoms with van der Waals surface area (Å²) < 4.78 is 11.3. The molecule has 0 atom stereocenters. The van der Waals surface area contributed by atoms with E-state index in [0.29, 0.717) is 18.2 Å². The standard InChI is InChI=1S/C14H13N3O2S/c1-2-18-9-4-3-5-10(8-9)19-12-11-6-7-20-13(11)17-14(15)16-12/h3-8H,2H2,1H3,(H2,15,16,17). The number of ether oxygens (including phenoxy) is 2. The molecular weight excluding hydrogens is 274 g/mol. The maximum atomic E-state index is 5.81. The van der Waals surface area contributed by atoms with Crippen LogP contribution in [0.4, 0.5) is 5.95 Å². The second-order valence-corrected chi connectivity index (χ2v) is 4.93. The van der Waals surface area contributed by atoms with Crippen molar-refractivity contribution >= 4 is 27.5 Å². The monoisotopic (exact) mass is 287 g/mol. The third-order valence-corrected chi connectivity index (χ3v) is 3.45. The minimum absolute atomic E-state index is 0.205. The first-order valence-corrected chi connectivity index (χ1v) is 7.05. The number of fused-ring (bicyclic) bond motifs is 1. The van der Waals surface area contributed by atoms with Gasteiger partial charge in [-0.25, -0.2) is 4.98 Å². The van der Waals surface area contributed by atoms with E-state index in [4.69, 9.17) is 15.2 Å². The highest BCUT2D eigenvalue weighted by Gasteiger charge is 2.10. The van der Waals surface area contributed by atoms with Crippen molar-refractivity contribution in [1.29, 1.82) is 0 Å². The van der Waals surface area contributed by atoms with Crippen LogP contribution < -0.4 is 15.2 Å². The Morgan fingerprint density at radius 3 is 2.90 bits per heavy atom. The Labute approximate surface area is 120 Å². The summed E-state index contributed by atoms with van der Waals surface area (Å²) in [7, 11) is 0. The third-order valence-electron chi connectivity index (χ3n) is 2.64. The summed E-state index contributed by atoms with van der Waals surface area (Å²) in [5, 5.41) is 2.79. The maximum absolute atomic E-state index is 5.81. The van der Waals surface area contributed by atoms with Crippen molar-refractivity contribution in [2.45, 2.75) is 6.92 Å². The second kappa shape index (κ2) is 5.34. The van der Waals surface area contributed by atoms with Gasteiger partial charge in [-0.2, -0.15) is 4.98 Å². The molecule has 0 bridgehead atoms. The van der Waals surface area contributed by atoms with Crippen molar-refractivity contribution in [3.63, 3.8) is 0 Å². The van der Waals surface area contributed by atoms with Crippen LogP contribution >= 0.6 is 11.3 Å². The van der Waals surface area contributed by atoms with Gasteiger partial charge in [-0.3, -0.25) is 0 Å². The van der Waals surface area contributed by atoms with E-state index in [1.54, 1.807) is 0 Å². The van der Waals surface area contributed by atoms with Crippen molar-refractivity contribution in [2.75, 3.05) is 12.3 Å². The molecule has 0 saturated heterocycles. The molecule has 6 heteroatoms. The third kappa shape index (κ3) is 2.50. The lowest BCUT2D eigenvalue weighted by Crippen LogP contribution is -1.97. The van der Waals surface area contributed by atoms with Crippen molar-refractivity contribution in [3.05, 3.63) is 35.7 Å². The van der Waals surface area contributed by atoms with Gasteiger partial charge < -0.3 is 15.2 Å². The SMILES string of the molecule is CCOc1cccc(Oc2nc(N)nc3sccc23)c1. The Kier molecular flexibility index (Phi) is 3.39. The van der Waals surface area contributed by atoms with Crippen molar-refractivity contribution in [1.82, 2.24) is 9.97 Å². The maximum Gasteiger partial charge on any atom is 0.232 e. The molecule has 0 spiro atoms. The normalized spacial score (nSPS) is 10.7. The Morgan fingerprint density at radius 2 is 2.05 bits per heavy atom. The molecule has 0 radical (unpaired) electrons. The van der Waals surface area contributed by atoms with Gasteiger partial charge >= 0.3 is 0 Å². The van der Waals surface area contributed by atoms with Gasteiger partial charge in [-0.1, -0.05) is 6.07 Å². The van der Waals surface area contributed by atoms with Crippen LogP contribution in [0.25, 0.3) is 10.2 Å². The Balaban J connectivity index is 1.96. The number of benzene rings is 1. The van der Waals surface area contributed by atoms with Gasteiger partial charge in [0.05, 0.1) is 12.0 Å². The summed E-state index contributed by atoms with van der Waals surface area (Å²) in [4.78, 5) is 9.13. The second-order valence-electron chi connectivity index (χ2n) is 4.04. The van der Waals surface area contributed by atoms with E-state index < -0.39 is 0 Å². The Bertz CT molecular complexity index is 742. The van der Waals surface area contributed by atoms with Crippen molar-refractivity contribution in [2.24, 2.45) is 0 Å². The fourth-order valence-electron chi connectivity index (χ4n) is 1.83. The number of nitrogen functional groups attached to an aromatic ring is 1. The zero-order chi connectivity index (χ0) is 13.9. The molecule has 3 aromatic rings. The molecule has 1 aromatic carbocycles. The summed E-state index contributed by atoms with van der Waals surface area (Å²) in [5.74, 6) is 2.08. The number of hydrogen-bond acceptors (Lipinski definition) is 6. The van der Waals surface area contributed by atoms with E-state index in [1.807, 2.05) is 42.6 Å². The highest BCUT2D eigenvalue weighted by Crippen LogP contribution is 2.31. The predicted octanol–water partition coefficient (Wildman–Crippen LogP) is 3.46. The van der Waals surface area contributed by atoms with E-state index in [0.717, 1.165) is 16.0 Å². The molecule has 0 saturated carbocycles. The molecular formula is C14H13N3O2S. The molecule has 102 valence electrons. The molecule has 0 fully saturated rings. The fourth-order valence-corrected chi connectivity index (χ4v) is 2.59. The molecule has 0 aliphatic heterocycles. The quantitative estimate of drug-likeness (QED) is 0.795. The molecule has 20 heavy (non-hydrogen) atoms. The first-order chi connectivity index (χ1) is 9.76. The summed E-state index contributed by atoms with van der Waals surface area (Å²) in [6.45, 7) is 2.55. The van der Waals surface area contributed by atoms with Gasteiger partial charge in [0.1, 0.15) is 16.3 Å². The molecule has 0 aliphatic carbocycles. The van der Waals surface area contributed by atoms with Crippen LogP contribution in [0.2, 0.25) is 0 Å². The van der Waals surface area contributed by atoms with E-state index in [-0.39, 0.29) is 5.95 Å². The van der Waals surface area contributed by atoms with Gasteiger partial charge in [0.15, 0.2) is 0 Å². The van der Waals surface area contributed by atoms with Crippen LogP contribution in [0.1, 0.15) is 6.92 Å². The first-order valence-electron chi connectivity index (χ1n) is 6.17. The summed E-state index contributed by atoms with van der Waals surface area (Å²) in [6, 6.07) is 9.33. The van der Waals surface area contributed by atoms with Crippen LogP contribution in [-0.2, 0) is 0 Å². The highest BCUT2D eigenvalue weighted by molar-refractivity contribution is 7.16. The number of nitrogens with two attached hydrogens (primary N) is 1. The average Bonchev–Trinajstić information content (AvgIpc) is 2.87. The van der Waals surface area contributed by atoms with Crippen LogP contribution in [0.15, 0.2) is 35.7 Å². The van der Waals surface area contributed by atoms with Crippen LogP contribution in [0.3, 0.4) is 0 Å². The lowest BCUT2D eigenvalue weighted by Gasteiger charge is -2.08. The van der Waals surface area contributed by atoms with Gasteiger partial charge in [0.25, 0.3) is 0 Å². The van der Waals surface area contributed by atoms with E-state index in [1.165, 1.54) is 11.3 Å². The lowest BCUT2D eigenvalue weighted by molar-refractivity contribution is 0.338. The number of rotatable bonds is 4. The van der Waals surface area contributed by atoms with Crippen LogP contribution in [-0.4, -0.2) is 16.6 Å². The smallest absolute Gasteiger partial charge is 0.232 e. The average molecular weight is 287 g/mol. The van der Waals surface area contributed by atoms with Gasteiger partial charge in [0.2, 0.25) is 11.8 Å². The number of hydrogen-bond donors (Lipinski definition) is 1. The van der Waals surface area contributed by atoms with Crippen LogP contribution in [0.5, 0.6) is 17.4 Å². The number of thiophene rings is 1. The fraction of sp³-hybridized carbons (Fsp3) is 0.143. The van der Waals surface area contributed by atoms with Crippen LogP contribution in [0, 0.1) is 0 Å². The molecule has 0 aliphatic rings. The number of aromatic nitrogens is 2. The molecule has 5 nitrogen and oxygen atoms in total. The minimum Gasteiger partial charge on any atom is -0.494 e. The zero-order valence-electron chi connectivity index (χ0n) is 10.9. The van der Waals surface area contributed by atoms with Crippen molar-refractivity contribution in [3.8, 4) is 17.4 Å². The van der Waals surface area contributed by atoms with Gasteiger partial charge in [0, 0.05) is 6.07 Å². The van der Waals surface area contributed by atoms with E-state index in [2.05, 4.69) is 9.97 Å². The molecule has 0 amide bonds. The molecule has 2 N–H and O–H groups in total. The predicted molar refractivity (Wildman–Crippen MR) is 79.5 cm³/mol. The Morgan fingerprint density at radius 1 is 1.20 bits per heavy atom. The topological polar surface area (TPSA) is 70.3 Å². The first kappa shape index (κ1) is 12.7. The lowest BCUT2D eigenvalue weighted by atomic mass is 10.3. The summed E-state index contributed by atoms with van der Waals surface area (Å²) in [5.41, 5.74) is 5.69. The molecule has 2 aromatic heterocycles. The Hall–Kier alpha value is -2.34.